The minimum absolute atomic E-state index is 0.0490. The molecule has 1 aromatic heterocycles. The van der Waals surface area contributed by atoms with Gasteiger partial charge in [0.15, 0.2) is 6.61 Å². The molecule has 1 aliphatic rings. The predicted molar refractivity (Wildman–Crippen MR) is 104 cm³/mol. The molecule has 0 saturated heterocycles. The van der Waals surface area contributed by atoms with Crippen LogP contribution in [0.15, 0.2) is 36.4 Å². The predicted octanol–water partition coefficient (Wildman–Crippen LogP) is 2.34. The molecule has 0 spiro atoms. The van der Waals surface area contributed by atoms with Crippen LogP contribution in [0.1, 0.15) is 24.7 Å². The van der Waals surface area contributed by atoms with Crippen molar-refractivity contribution in [3.05, 3.63) is 47.8 Å². The number of hydrogen-bond donors (Lipinski definition) is 0. The number of rotatable bonds is 9. The minimum Gasteiger partial charge on any atom is -0.484 e. The van der Waals surface area contributed by atoms with Crippen LogP contribution in [0.4, 0.5) is 0 Å². The number of aromatic nitrogens is 2. The van der Waals surface area contributed by atoms with Crippen molar-refractivity contribution in [2.45, 2.75) is 26.8 Å². The first-order valence-corrected chi connectivity index (χ1v) is 9.59. The summed E-state index contributed by atoms with van der Waals surface area (Å²) in [6.45, 7) is 4.99. The number of amides is 1. The number of aryl methyl sites for hydroxylation is 2. The van der Waals surface area contributed by atoms with Crippen molar-refractivity contribution >= 4 is 11.9 Å². The molecule has 0 bridgehead atoms. The molecule has 150 valence electrons. The van der Waals surface area contributed by atoms with Gasteiger partial charge in [-0.1, -0.05) is 18.2 Å². The smallest absolute Gasteiger partial charge is 0.309 e. The molecule has 28 heavy (non-hydrogen) atoms. The minimum atomic E-state index is -0.172. The van der Waals surface area contributed by atoms with Gasteiger partial charge in [-0.05, 0) is 44.4 Å². The normalized spacial score (nSPS) is 17.8. The molecule has 0 unspecified atom stereocenters. The van der Waals surface area contributed by atoms with Gasteiger partial charge in [-0.3, -0.25) is 14.3 Å². The van der Waals surface area contributed by atoms with E-state index in [-0.39, 0.29) is 30.3 Å². The number of carbonyl (C=O) groups excluding carboxylic acids is 2. The van der Waals surface area contributed by atoms with Crippen molar-refractivity contribution < 1.29 is 19.1 Å². The summed E-state index contributed by atoms with van der Waals surface area (Å²) in [6.07, 6.45) is 0.753. The standard InChI is InChI=1S/C21H27N3O4/c1-4-27-21(26)19-11-16(19)12-24(13-17-10-15(2)23(3)22-17)20(25)14-28-18-8-6-5-7-9-18/h5-10,16,19H,4,11-14H2,1-3H3/t16-,19-/m0/s1. The lowest BCUT2D eigenvalue weighted by Gasteiger charge is -2.22. The number of para-hydroxylation sites is 1. The van der Waals surface area contributed by atoms with Crippen LogP contribution in [-0.2, 0) is 27.9 Å². The van der Waals surface area contributed by atoms with E-state index in [2.05, 4.69) is 5.10 Å². The van der Waals surface area contributed by atoms with Gasteiger partial charge in [-0.15, -0.1) is 0 Å². The third-order valence-electron chi connectivity index (χ3n) is 4.94. The van der Waals surface area contributed by atoms with Gasteiger partial charge in [0.2, 0.25) is 0 Å². The fraction of sp³-hybridized carbons (Fsp3) is 0.476. The molecule has 1 heterocycles. The van der Waals surface area contributed by atoms with Gasteiger partial charge < -0.3 is 14.4 Å². The van der Waals surface area contributed by atoms with Gasteiger partial charge in [-0.25, -0.2) is 0 Å². The molecule has 1 amide bonds. The zero-order valence-electron chi connectivity index (χ0n) is 16.6. The van der Waals surface area contributed by atoms with Crippen LogP contribution in [0.2, 0.25) is 0 Å². The molecule has 1 aromatic carbocycles. The molecule has 3 rings (SSSR count). The van der Waals surface area contributed by atoms with Crippen LogP contribution >= 0.6 is 0 Å². The zero-order valence-corrected chi connectivity index (χ0v) is 16.6. The summed E-state index contributed by atoms with van der Waals surface area (Å²) in [5.74, 6) is 0.372. The van der Waals surface area contributed by atoms with E-state index in [0.717, 1.165) is 17.8 Å². The van der Waals surface area contributed by atoms with E-state index >= 15 is 0 Å². The van der Waals surface area contributed by atoms with Gasteiger partial charge in [0.05, 0.1) is 24.8 Å². The topological polar surface area (TPSA) is 73.7 Å². The molecule has 1 fully saturated rings. The number of esters is 1. The highest BCUT2D eigenvalue weighted by molar-refractivity contribution is 5.79. The first-order valence-electron chi connectivity index (χ1n) is 9.59. The number of benzene rings is 1. The Balaban J connectivity index is 1.63. The van der Waals surface area contributed by atoms with Crippen molar-refractivity contribution in [2.24, 2.45) is 18.9 Å². The number of hydrogen-bond acceptors (Lipinski definition) is 5. The summed E-state index contributed by atoms with van der Waals surface area (Å²) in [5.41, 5.74) is 1.85. The van der Waals surface area contributed by atoms with E-state index in [1.807, 2.05) is 50.4 Å². The monoisotopic (exact) mass is 385 g/mol. The maximum atomic E-state index is 12.8. The molecule has 0 N–H and O–H groups in total. The Kier molecular flexibility index (Phi) is 6.34. The Morgan fingerprint density at radius 1 is 1.29 bits per heavy atom. The second-order valence-corrected chi connectivity index (χ2v) is 7.13. The van der Waals surface area contributed by atoms with E-state index in [1.165, 1.54) is 0 Å². The van der Waals surface area contributed by atoms with Crippen LogP contribution in [0.3, 0.4) is 0 Å². The fourth-order valence-electron chi connectivity index (χ4n) is 3.19. The molecule has 0 aliphatic heterocycles. The van der Waals surface area contributed by atoms with Gasteiger partial charge in [-0.2, -0.15) is 5.10 Å². The maximum absolute atomic E-state index is 12.8. The Hall–Kier alpha value is -2.83. The molecule has 7 heteroatoms. The second kappa shape index (κ2) is 8.91. The van der Waals surface area contributed by atoms with Crippen molar-refractivity contribution in [1.82, 2.24) is 14.7 Å². The summed E-state index contributed by atoms with van der Waals surface area (Å²) in [7, 11) is 1.88. The number of carbonyl (C=O) groups is 2. The average Bonchev–Trinajstić information content (AvgIpc) is 3.38. The summed E-state index contributed by atoms with van der Waals surface area (Å²) in [6, 6.07) is 11.2. The first kappa shape index (κ1) is 19.9. The Morgan fingerprint density at radius 2 is 2.04 bits per heavy atom. The Morgan fingerprint density at radius 3 is 2.68 bits per heavy atom. The third kappa shape index (κ3) is 5.12. The SMILES string of the molecule is CCOC(=O)[C@H]1C[C@H]1CN(Cc1cc(C)n(C)n1)C(=O)COc1ccccc1. The highest BCUT2D eigenvalue weighted by Gasteiger charge is 2.45. The molecule has 1 saturated carbocycles. The number of nitrogens with zero attached hydrogens (tertiary/aromatic N) is 3. The first-order chi connectivity index (χ1) is 13.5. The lowest BCUT2D eigenvalue weighted by molar-refractivity contribution is -0.145. The lowest BCUT2D eigenvalue weighted by atomic mass is 10.2. The van der Waals surface area contributed by atoms with Crippen LogP contribution < -0.4 is 4.74 Å². The Bertz CT molecular complexity index is 799. The van der Waals surface area contributed by atoms with Gasteiger partial charge >= 0.3 is 5.97 Å². The van der Waals surface area contributed by atoms with Crippen LogP contribution in [-0.4, -0.2) is 46.3 Å². The largest absolute Gasteiger partial charge is 0.484 e. The van der Waals surface area contributed by atoms with Crippen LogP contribution in [0.25, 0.3) is 0 Å². The van der Waals surface area contributed by atoms with Crippen molar-refractivity contribution in [3.63, 3.8) is 0 Å². The molecule has 1 aliphatic carbocycles. The molecule has 2 aromatic rings. The van der Waals surface area contributed by atoms with E-state index in [9.17, 15) is 9.59 Å². The molecule has 7 nitrogen and oxygen atoms in total. The highest BCUT2D eigenvalue weighted by Crippen LogP contribution is 2.40. The summed E-state index contributed by atoms with van der Waals surface area (Å²) in [4.78, 5) is 26.5. The van der Waals surface area contributed by atoms with Gasteiger partial charge in [0.25, 0.3) is 5.91 Å². The molecule has 2 atom stereocenters. The molecular weight excluding hydrogens is 358 g/mol. The van der Waals surface area contributed by atoms with Crippen LogP contribution in [0.5, 0.6) is 5.75 Å². The summed E-state index contributed by atoms with van der Waals surface area (Å²) < 4.78 is 12.5. The van der Waals surface area contributed by atoms with E-state index in [1.54, 1.807) is 16.5 Å². The lowest BCUT2D eigenvalue weighted by Crippen LogP contribution is -2.36. The highest BCUT2D eigenvalue weighted by atomic mass is 16.5. The van der Waals surface area contributed by atoms with Crippen LogP contribution in [0, 0.1) is 18.8 Å². The Labute approximate surface area is 165 Å². The summed E-state index contributed by atoms with van der Waals surface area (Å²) >= 11 is 0. The van der Waals surface area contributed by atoms with E-state index in [0.29, 0.717) is 25.4 Å². The van der Waals surface area contributed by atoms with E-state index < -0.39 is 0 Å². The van der Waals surface area contributed by atoms with Crippen molar-refractivity contribution in [2.75, 3.05) is 19.8 Å². The quantitative estimate of drug-likeness (QED) is 0.620. The number of ether oxygens (including phenoxy) is 2. The maximum Gasteiger partial charge on any atom is 0.309 e. The fourth-order valence-corrected chi connectivity index (χ4v) is 3.19. The van der Waals surface area contributed by atoms with Crippen molar-refractivity contribution in [1.29, 1.82) is 0 Å². The third-order valence-corrected chi connectivity index (χ3v) is 4.94. The van der Waals surface area contributed by atoms with Gasteiger partial charge in [0.1, 0.15) is 5.75 Å². The van der Waals surface area contributed by atoms with Crippen molar-refractivity contribution in [3.8, 4) is 5.75 Å². The van der Waals surface area contributed by atoms with Gasteiger partial charge in [0, 0.05) is 19.3 Å². The zero-order chi connectivity index (χ0) is 20.1. The molecule has 0 radical (unpaired) electrons. The average molecular weight is 385 g/mol. The van der Waals surface area contributed by atoms with E-state index in [4.69, 9.17) is 9.47 Å². The second-order valence-electron chi connectivity index (χ2n) is 7.13. The molecular formula is C21H27N3O4. The summed E-state index contributed by atoms with van der Waals surface area (Å²) in [5, 5.41) is 4.45.